The van der Waals surface area contributed by atoms with Gasteiger partial charge in [0.25, 0.3) is 0 Å². The molecule has 0 radical (unpaired) electrons. The van der Waals surface area contributed by atoms with Crippen LogP contribution in [0.25, 0.3) is 72.1 Å². The molecule has 5 aromatic carbocycles. The minimum absolute atomic E-state index is 0.118. The normalized spacial score (nSPS) is 14.6. The van der Waals surface area contributed by atoms with Gasteiger partial charge in [0.1, 0.15) is 22.7 Å². The van der Waals surface area contributed by atoms with Crippen molar-refractivity contribution < 1.29 is 4.42 Å². The lowest BCUT2D eigenvalue weighted by atomic mass is 9.78. The zero-order valence-corrected chi connectivity index (χ0v) is 24.6. The van der Waals surface area contributed by atoms with Gasteiger partial charge in [0, 0.05) is 34.9 Å². The lowest BCUT2D eigenvalue weighted by molar-refractivity contribution is 0.515. The number of hydrogen-bond donors (Lipinski definition) is 0. The van der Waals surface area contributed by atoms with Gasteiger partial charge in [-0.2, -0.15) is 0 Å². The molecule has 0 fully saturated rings. The third-order valence-corrected chi connectivity index (χ3v) is 9.26. The topological polar surface area (TPSA) is 43.9 Å². The second kappa shape index (κ2) is 9.51. The molecule has 1 aliphatic carbocycles. The molecule has 9 rings (SSSR count). The minimum Gasteiger partial charge on any atom is -0.460 e. The second-order valence-electron chi connectivity index (χ2n) is 11.8. The van der Waals surface area contributed by atoms with Crippen molar-refractivity contribution >= 4 is 49.8 Å². The van der Waals surface area contributed by atoms with Gasteiger partial charge in [-0.25, -0.2) is 9.97 Å². The molecule has 1 atom stereocenters. The third kappa shape index (κ3) is 3.64. The van der Waals surface area contributed by atoms with Crippen LogP contribution in [0, 0.1) is 0 Å². The van der Waals surface area contributed by atoms with Crippen LogP contribution in [-0.4, -0.2) is 14.5 Å². The summed E-state index contributed by atoms with van der Waals surface area (Å²) in [5, 5.41) is 4.68. The fraction of sp³-hybridized carbons (Fsp3) is 0.100. The molecule has 0 aliphatic heterocycles. The summed E-state index contributed by atoms with van der Waals surface area (Å²) in [5.41, 5.74) is 11.0. The summed E-state index contributed by atoms with van der Waals surface area (Å²) in [4.78, 5) is 10.2. The van der Waals surface area contributed by atoms with Crippen molar-refractivity contribution in [3.05, 3.63) is 138 Å². The number of imidazole rings is 1. The van der Waals surface area contributed by atoms with Crippen LogP contribution < -0.4 is 0 Å². The molecule has 4 nitrogen and oxygen atoms in total. The first-order valence-electron chi connectivity index (χ1n) is 15.2. The van der Waals surface area contributed by atoms with Gasteiger partial charge in [-0.15, -0.1) is 0 Å². The van der Waals surface area contributed by atoms with E-state index in [1.807, 2.05) is 19.1 Å². The molecule has 0 bridgehead atoms. The molecule has 4 heteroatoms. The molecule has 0 saturated carbocycles. The number of aromatic nitrogens is 3. The van der Waals surface area contributed by atoms with Gasteiger partial charge in [0.15, 0.2) is 0 Å². The summed E-state index contributed by atoms with van der Waals surface area (Å²) in [6, 6.07) is 39.0. The van der Waals surface area contributed by atoms with E-state index in [0.717, 1.165) is 56.8 Å². The minimum atomic E-state index is 0.118. The number of allylic oxidation sites excluding steroid dienone is 1. The Bertz CT molecular complexity index is 2440. The van der Waals surface area contributed by atoms with Crippen molar-refractivity contribution in [1.82, 2.24) is 14.5 Å². The molecule has 8 aromatic rings. The molecular formula is C40H29N3O. The number of hydrogen-bond acceptors (Lipinski definition) is 3. The average Bonchev–Trinajstić information content (AvgIpc) is 3.61. The van der Waals surface area contributed by atoms with Gasteiger partial charge in [-0.1, -0.05) is 97.1 Å². The van der Waals surface area contributed by atoms with E-state index in [9.17, 15) is 0 Å². The van der Waals surface area contributed by atoms with E-state index in [1.165, 1.54) is 38.4 Å². The summed E-state index contributed by atoms with van der Waals surface area (Å²) >= 11 is 0. The predicted molar refractivity (Wildman–Crippen MR) is 181 cm³/mol. The van der Waals surface area contributed by atoms with Gasteiger partial charge >= 0.3 is 0 Å². The van der Waals surface area contributed by atoms with E-state index in [0.29, 0.717) is 0 Å². The molecule has 44 heavy (non-hydrogen) atoms. The smallest absolute Gasteiger partial charge is 0.135 e. The SMILES string of the molecule is C/C=C\c1nc2c3ccccc3nc(-c3ccc(C4Cc5ccccc5-c5c4oc4cc6ccccc6cc54)cc3)c2n1C. The van der Waals surface area contributed by atoms with Gasteiger partial charge in [-0.3, -0.25) is 0 Å². The molecule has 0 saturated heterocycles. The van der Waals surface area contributed by atoms with E-state index in [-0.39, 0.29) is 5.92 Å². The first kappa shape index (κ1) is 25.1. The summed E-state index contributed by atoms with van der Waals surface area (Å²) in [7, 11) is 2.07. The Kier molecular flexibility index (Phi) is 5.42. The number of pyridine rings is 1. The standard InChI is InChI=1S/C40H29N3O/c1-3-10-35-42-38-30-15-8-9-16-33(30)41-37(39(38)43(35)2)25-19-17-24(18-20-25)31-22-28-13-6-7-14-29(28)36-32-21-26-11-4-5-12-27(26)23-34(32)44-40(31)36/h3-21,23,31H,22H2,1-2H3/b10-3-. The molecule has 1 unspecified atom stereocenters. The maximum absolute atomic E-state index is 6.75. The van der Waals surface area contributed by atoms with E-state index < -0.39 is 0 Å². The van der Waals surface area contributed by atoms with Crippen LogP contribution in [0.5, 0.6) is 0 Å². The maximum Gasteiger partial charge on any atom is 0.135 e. The van der Waals surface area contributed by atoms with E-state index >= 15 is 0 Å². The van der Waals surface area contributed by atoms with Crippen molar-refractivity contribution in [2.24, 2.45) is 7.05 Å². The monoisotopic (exact) mass is 567 g/mol. The average molecular weight is 568 g/mol. The highest BCUT2D eigenvalue weighted by molar-refractivity contribution is 6.08. The van der Waals surface area contributed by atoms with Crippen molar-refractivity contribution in [2.45, 2.75) is 19.3 Å². The molecule has 3 aromatic heterocycles. The van der Waals surface area contributed by atoms with Crippen LogP contribution in [0.4, 0.5) is 0 Å². The highest BCUT2D eigenvalue weighted by Gasteiger charge is 2.31. The van der Waals surface area contributed by atoms with Gasteiger partial charge < -0.3 is 8.98 Å². The highest BCUT2D eigenvalue weighted by atomic mass is 16.3. The molecule has 1 aliphatic rings. The molecular weight excluding hydrogens is 538 g/mol. The number of benzene rings is 5. The van der Waals surface area contributed by atoms with Gasteiger partial charge in [0.05, 0.1) is 16.7 Å². The Balaban J connectivity index is 1.21. The van der Waals surface area contributed by atoms with Crippen LogP contribution in [-0.2, 0) is 13.5 Å². The first-order chi connectivity index (χ1) is 21.7. The Morgan fingerprint density at radius 1 is 0.795 bits per heavy atom. The number of nitrogens with zero attached hydrogens (tertiary/aromatic N) is 3. The molecule has 0 amide bonds. The van der Waals surface area contributed by atoms with Gasteiger partial charge in [0.2, 0.25) is 0 Å². The van der Waals surface area contributed by atoms with Crippen molar-refractivity contribution in [3.63, 3.8) is 0 Å². The van der Waals surface area contributed by atoms with E-state index in [4.69, 9.17) is 14.4 Å². The van der Waals surface area contributed by atoms with Crippen LogP contribution >= 0.6 is 0 Å². The van der Waals surface area contributed by atoms with E-state index in [2.05, 4.69) is 121 Å². The second-order valence-corrected chi connectivity index (χ2v) is 11.8. The molecule has 3 heterocycles. The largest absolute Gasteiger partial charge is 0.460 e. The Morgan fingerprint density at radius 2 is 1.55 bits per heavy atom. The van der Waals surface area contributed by atoms with Crippen molar-refractivity contribution in [1.29, 1.82) is 0 Å². The lowest BCUT2D eigenvalue weighted by Crippen LogP contribution is -2.11. The highest BCUT2D eigenvalue weighted by Crippen LogP contribution is 2.48. The van der Waals surface area contributed by atoms with Crippen molar-refractivity contribution in [2.75, 3.05) is 0 Å². The number of furan rings is 1. The van der Waals surface area contributed by atoms with Crippen molar-refractivity contribution in [3.8, 4) is 22.4 Å². The molecule has 0 N–H and O–H groups in total. The van der Waals surface area contributed by atoms with Crippen LogP contribution in [0.15, 0.2) is 120 Å². The zero-order chi connectivity index (χ0) is 29.4. The summed E-state index contributed by atoms with van der Waals surface area (Å²) in [6.07, 6.45) is 4.98. The first-order valence-corrected chi connectivity index (χ1v) is 15.2. The summed E-state index contributed by atoms with van der Waals surface area (Å²) < 4.78 is 8.91. The molecule has 0 spiro atoms. The lowest BCUT2D eigenvalue weighted by Gasteiger charge is -2.24. The number of fused-ring (bicyclic) bond motifs is 9. The van der Waals surface area contributed by atoms with Crippen LogP contribution in [0.1, 0.15) is 35.6 Å². The number of rotatable bonds is 3. The van der Waals surface area contributed by atoms with Crippen LogP contribution in [0.2, 0.25) is 0 Å². The Morgan fingerprint density at radius 3 is 2.39 bits per heavy atom. The predicted octanol–water partition coefficient (Wildman–Crippen LogP) is 10.1. The number of aryl methyl sites for hydroxylation is 1. The third-order valence-electron chi connectivity index (χ3n) is 9.26. The van der Waals surface area contributed by atoms with Crippen LogP contribution in [0.3, 0.4) is 0 Å². The fourth-order valence-corrected chi connectivity index (χ4v) is 7.14. The zero-order valence-electron chi connectivity index (χ0n) is 24.6. The number of para-hydroxylation sites is 1. The molecule has 210 valence electrons. The Hall–Kier alpha value is -5.48. The summed E-state index contributed by atoms with van der Waals surface area (Å²) in [5.74, 6) is 2.09. The Labute approximate surface area is 254 Å². The maximum atomic E-state index is 6.75. The fourth-order valence-electron chi connectivity index (χ4n) is 7.14. The van der Waals surface area contributed by atoms with Gasteiger partial charge in [-0.05, 0) is 65.1 Å². The quantitative estimate of drug-likeness (QED) is 0.213. The summed E-state index contributed by atoms with van der Waals surface area (Å²) in [6.45, 7) is 2.02. The van der Waals surface area contributed by atoms with E-state index in [1.54, 1.807) is 0 Å².